The maximum atomic E-state index is 11.8. The molecule has 0 aromatic heterocycles. The highest BCUT2D eigenvalue weighted by Gasteiger charge is 2.33. The van der Waals surface area contributed by atoms with Gasteiger partial charge in [0.1, 0.15) is 0 Å². The third-order valence-corrected chi connectivity index (χ3v) is 7.35. The van der Waals surface area contributed by atoms with E-state index in [2.05, 4.69) is 9.47 Å². The van der Waals surface area contributed by atoms with Gasteiger partial charge >= 0.3 is 11.9 Å². The van der Waals surface area contributed by atoms with Gasteiger partial charge in [0.2, 0.25) is 0 Å². The number of aliphatic hydroxyl groups excluding tert-OH is 2. The van der Waals surface area contributed by atoms with E-state index < -0.39 is 43.3 Å². The quantitative estimate of drug-likeness (QED) is 0.296. The van der Waals surface area contributed by atoms with E-state index in [9.17, 15) is 26.4 Å². The summed E-state index contributed by atoms with van der Waals surface area (Å²) < 4.78 is 58.9. The van der Waals surface area contributed by atoms with Crippen molar-refractivity contribution < 1.29 is 50.3 Å². The van der Waals surface area contributed by atoms with E-state index in [0.29, 0.717) is 13.0 Å². The molecule has 11 nitrogen and oxygen atoms in total. The van der Waals surface area contributed by atoms with Crippen LogP contribution >= 0.6 is 10.7 Å². The molecule has 2 aromatic carbocycles. The first kappa shape index (κ1) is 36.5. The van der Waals surface area contributed by atoms with Crippen LogP contribution < -0.4 is 0 Å². The first-order valence-corrected chi connectivity index (χ1v) is 15.5. The van der Waals surface area contributed by atoms with Gasteiger partial charge in [0.15, 0.2) is 12.2 Å². The Hall–Kier alpha value is -2.55. The average Bonchev–Trinajstić information content (AvgIpc) is 3.48. The van der Waals surface area contributed by atoms with Crippen LogP contribution in [0.5, 0.6) is 0 Å². The molecule has 2 aliphatic rings. The van der Waals surface area contributed by atoms with Crippen molar-refractivity contribution in [2.75, 3.05) is 20.3 Å². The van der Waals surface area contributed by atoms with Crippen LogP contribution in [0.1, 0.15) is 37.8 Å². The number of aliphatic hydroxyl groups is 2. The standard InChI is InChI=1S/C11H12O5S.C7H7ClO2S.C4H6O3.C2H6.CH4O/c1-8-2-4-9(5-3-8)17(13,14)16-10-6-7-15-11(10)12;1-6-2-4-7(5-3-6)11(8,9)10;5-3-1-2-7-4(3)6;2*1-2/h2-5,10H,6-7H2,1H3;2-5H,1H3;3,5H,1-2H2;1-2H3;2H,1H3/t10-;;3-;;/m0.0../s1. The fraction of sp³-hybridized carbons (Fsp3) is 0.440. The Bertz CT molecular complexity index is 1230. The molecule has 0 aliphatic carbocycles. The summed E-state index contributed by atoms with van der Waals surface area (Å²) in [7, 11) is -1.36. The molecule has 220 valence electrons. The highest BCUT2D eigenvalue weighted by molar-refractivity contribution is 8.13. The number of esters is 2. The average molecular weight is 611 g/mol. The Morgan fingerprint density at radius 1 is 0.769 bits per heavy atom. The van der Waals surface area contributed by atoms with Crippen LogP contribution in [-0.4, -0.2) is 71.5 Å². The number of benzene rings is 2. The van der Waals surface area contributed by atoms with Gasteiger partial charge < -0.3 is 19.7 Å². The van der Waals surface area contributed by atoms with Crippen LogP contribution in [-0.2, 0) is 42.4 Å². The van der Waals surface area contributed by atoms with E-state index >= 15 is 0 Å². The molecular weight excluding hydrogens is 576 g/mol. The molecule has 0 radical (unpaired) electrons. The Labute approximate surface area is 234 Å². The zero-order chi connectivity index (χ0) is 30.2. The maximum Gasteiger partial charge on any atom is 0.336 e. The zero-order valence-electron chi connectivity index (χ0n) is 22.4. The van der Waals surface area contributed by atoms with Gasteiger partial charge in [-0.1, -0.05) is 49.2 Å². The number of ether oxygens (including phenoxy) is 2. The van der Waals surface area contributed by atoms with Crippen LogP contribution in [0.4, 0.5) is 0 Å². The molecule has 2 aromatic rings. The molecule has 2 aliphatic heterocycles. The van der Waals surface area contributed by atoms with Crippen LogP contribution in [0.15, 0.2) is 58.3 Å². The summed E-state index contributed by atoms with van der Waals surface area (Å²) in [5.41, 5.74) is 1.96. The second kappa shape index (κ2) is 17.9. The van der Waals surface area contributed by atoms with Gasteiger partial charge in [0.25, 0.3) is 19.2 Å². The second-order valence-corrected chi connectivity index (χ2v) is 11.7. The van der Waals surface area contributed by atoms with E-state index in [1.807, 2.05) is 27.7 Å². The van der Waals surface area contributed by atoms with Gasteiger partial charge in [-0.2, -0.15) is 8.42 Å². The summed E-state index contributed by atoms with van der Waals surface area (Å²) in [6.45, 7) is 8.31. The summed E-state index contributed by atoms with van der Waals surface area (Å²) in [5.74, 6) is -1.11. The molecule has 2 N–H and O–H groups in total. The lowest BCUT2D eigenvalue weighted by atomic mass is 10.2. The first-order valence-electron chi connectivity index (χ1n) is 11.8. The molecule has 39 heavy (non-hydrogen) atoms. The molecule has 2 fully saturated rings. The molecule has 0 unspecified atom stereocenters. The highest BCUT2D eigenvalue weighted by Crippen LogP contribution is 2.19. The van der Waals surface area contributed by atoms with Crippen molar-refractivity contribution in [2.45, 2.75) is 62.5 Å². The van der Waals surface area contributed by atoms with Gasteiger partial charge in [-0.05, 0) is 38.1 Å². The fourth-order valence-electron chi connectivity index (χ4n) is 2.66. The predicted octanol–water partition coefficient (Wildman–Crippen LogP) is 2.87. The number of carbonyl (C=O) groups excluding carboxylic acids is 2. The van der Waals surface area contributed by atoms with Crippen molar-refractivity contribution in [2.24, 2.45) is 0 Å². The van der Waals surface area contributed by atoms with Crippen molar-refractivity contribution in [3.05, 3.63) is 59.7 Å². The highest BCUT2D eigenvalue weighted by atomic mass is 35.7. The van der Waals surface area contributed by atoms with E-state index in [1.54, 1.807) is 24.3 Å². The van der Waals surface area contributed by atoms with Crippen LogP contribution in [0, 0.1) is 13.8 Å². The smallest absolute Gasteiger partial charge is 0.336 e. The second-order valence-electron chi connectivity index (χ2n) is 7.53. The number of rotatable bonds is 4. The zero-order valence-corrected chi connectivity index (χ0v) is 24.8. The van der Waals surface area contributed by atoms with Crippen molar-refractivity contribution in [1.29, 1.82) is 0 Å². The number of halogens is 1. The minimum absolute atomic E-state index is 0.0443. The Kier molecular flexibility index (Phi) is 16.8. The molecule has 2 atom stereocenters. The topological polar surface area (TPSA) is 171 Å². The van der Waals surface area contributed by atoms with Crippen LogP contribution in [0.25, 0.3) is 0 Å². The molecule has 2 saturated heterocycles. The molecule has 0 spiro atoms. The number of carbonyl (C=O) groups is 2. The monoisotopic (exact) mass is 610 g/mol. The Morgan fingerprint density at radius 3 is 1.49 bits per heavy atom. The third kappa shape index (κ3) is 13.4. The van der Waals surface area contributed by atoms with Crippen LogP contribution in [0.3, 0.4) is 0 Å². The molecular formula is C25H35ClO11S2. The van der Waals surface area contributed by atoms with E-state index in [1.165, 1.54) is 24.3 Å². The summed E-state index contributed by atoms with van der Waals surface area (Å²) >= 11 is 0. The summed E-state index contributed by atoms with van der Waals surface area (Å²) in [6, 6.07) is 12.6. The van der Waals surface area contributed by atoms with Gasteiger partial charge in [-0.15, -0.1) is 0 Å². The first-order chi connectivity index (χ1) is 18.3. The summed E-state index contributed by atoms with van der Waals surface area (Å²) in [6.07, 6.45) is -1.13. The number of hydrogen-bond acceptors (Lipinski definition) is 11. The van der Waals surface area contributed by atoms with Gasteiger partial charge in [-0.3, -0.25) is 4.18 Å². The van der Waals surface area contributed by atoms with Crippen molar-refractivity contribution in [3.8, 4) is 0 Å². The summed E-state index contributed by atoms with van der Waals surface area (Å²) in [4.78, 5) is 21.4. The van der Waals surface area contributed by atoms with E-state index in [-0.39, 0.29) is 22.8 Å². The lowest BCUT2D eigenvalue weighted by Crippen LogP contribution is -2.22. The maximum absolute atomic E-state index is 11.8. The fourth-order valence-corrected chi connectivity index (χ4v) is 4.50. The molecule has 0 bridgehead atoms. The molecule has 0 saturated carbocycles. The predicted molar refractivity (Wildman–Crippen MR) is 144 cm³/mol. The van der Waals surface area contributed by atoms with Crippen molar-refractivity contribution >= 4 is 41.8 Å². The number of cyclic esters (lactones) is 2. The normalized spacial score (nSPS) is 17.8. The number of hydrogen-bond donors (Lipinski definition) is 2. The lowest BCUT2D eigenvalue weighted by molar-refractivity contribution is -0.144. The summed E-state index contributed by atoms with van der Waals surface area (Å²) in [5, 5.41) is 15.5. The Morgan fingerprint density at radius 2 is 1.18 bits per heavy atom. The minimum Gasteiger partial charge on any atom is -0.464 e. The molecule has 4 rings (SSSR count). The largest absolute Gasteiger partial charge is 0.464 e. The Balaban J connectivity index is 0.000000564. The number of aryl methyl sites for hydroxylation is 2. The van der Waals surface area contributed by atoms with Gasteiger partial charge in [0, 0.05) is 30.6 Å². The minimum atomic E-state index is -3.89. The van der Waals surface area contributed by atoms with Crippen molar-refractivity contribution in [3.63, 3.8) is 0 Å². The molecule has 0 amide bonds. The van der Waals surface area contributed by atoms with E-state index in [4.69, 9.17) is 25.1 Å². The molecule has 2 heterocycles. The lowest BCUT2D eigenvalue weighted by Gasteiger charge is -2.08. The molecule has 14 heteroatoms. The SMILES string of the molecule is CC.CO.Cc1ccc(S(=O)(=O)Cl)cc1.Cc1ccc(S(=O)(=O)O[C@H]2CCOC2=O)cc1.O=C1OCC[C@@H]1O. The van der Waals surface area contributed by atoms with E-state index in [0.717, 1.165) is 18.2 Å². The van der Waals surface area contributed by atoms with Crippen molar-refractivity contribution in [1.82, 2.24) is 0 Å². The van der Waals surface area contributed by atoms with Gasteiger partial charge in [0.05, 0.1) is 23.0 Å². The van der Waals surface area contributed by atoms with Crippen LogP contribution in [0.2, 0.25) is 0 Å². The van der Waals surface area contributed by atoms with Gasteiger partial charge in [-0.25, -0.2) is 18.0 Å². The third-order valence-electron chi connectivity index (χ3n) is 4.65.